The molecule has 0 atom stereocenters. The maximum absolute atomic E-state index is 11.1. The van der Waals surface area contributed by atoms with Crippen molar-refractivity contribution in [2.75, 3.05) is 6.61 Å². The van der Waals surface area contributed by atoms with Gasteiger partial charge in [0.2, 0.25) is 0 Å². The van der Waals surface area contributed by atoms with Gasteiger partial charge < -0.3 is 4.74 Å². The summed E-state index contributed by atoms with van der Waals surface area (Å²) >= 11 is 3.43. The van der Waals surface area contributed by atoms with Gasteiger partial charge in [-0.15, -0.1) is 0 Å². The number of benzene rings is 1. The van der Waals surface area contributed by atoms with Crippen molar-refractivity contribution in [2.45, 2.75) is 13.8 Å². The summed E-state index contributed by atoms with van der Waals surface area (Å²) < 4.78 is 5.83. The van der Waals surface area contributed by atoms with Gasteiger partial charge in [-0.3, -0.25) is 0 Å². The average molecular weight is 269 g/mol. The van der Waals surface area contributed by atoms with Crippen LogP contribution in [0.3, 0.4) is 0 Å². The molecule has 1 aromatic carbocycles. The molecule has 3 heteroatoms. The van der Waals surface area contributed by atoms with Crippen molar-refractivity contribution in [3.05, 3.63) is 39.9 Å². The van der Waals surface area contributed by atoms with Crippen molar-refractivity contribution in [2.24, 2.45) is 0 Å². The fraction of sp³-hybridized carbons (Fsp3) is 0.250. The Labute approximate surface area is 98.1 Å². The molecular weight excluding hydrogens is 256 g/mol. The van der Waals surface area contributed by atoms with E-state index in [9.17, 15) is 4.79 Å². The largest absolute Gasteiger partial charge is 0.463 e. The Hall–Kier alpha value is -1.09. The van der Waals surface area contributed by atoms with E-state index in [2.05, 4.69) is 15.9 Å². The Balaban J connectivity index is 2.81. The molecule has 1 rings (SSSR count). The van der Waals surface area contributed by atoms with Crippen molar-refractivity contribution in [3.8, 4) is 0 Å². The van der Waals surface area contributed by atoms with Crippen LogP contribution in [0.25, 0.3) is 6.08 Å². The lowest BCUT2D eigenvalue weighted by atomic mass is 10.1. The fourth-order valence-corrected chi connectivity index (χ4v) is 1.53. The molecular formula is C12H13BrO2. The molecule has 0 bridgehead atoms. The number of carbonyl (C=O) groups is 1. The maximum atomic E-state index is 11.1. The minimum Gasteiger partial charge on any atom is -0.463 e. The van der Waals surface area contributed by atoms with E-state index < -0.39 is 0 Å². The van der Waals surface area contributed by atoms with Crippen molar-refractivity contribution in [1.82, 2.24) is 0 Å². The monoisotopic (exact) mass is 268 g/mol. The first kappa shape index (κ1) is 12.0. The number of ether oxygens (including phenoxy) is 1. The molecule has 0 saturated heterocycles. The summed E-state index contributed by atoms with van der Waals surface area (Å²) in [6.07, 6.45) is 3.20. The standard InChI is InChI=1S/C12H13BrO2/c1-3-15-12(14)8-7-10-5-4-6-11(13)9(10)2/h4-8H,3H2,1-2H3/b8-7+. The van der Waals surface area contributed by atoms with E-state index in [1.807, 2.05) is 25.1 Å². The SMILES string of the molecule is CCOC(=O)/C=C/c1cccc(Br)c1C. The number of hydrogen-bond donors (Lipinski definition) is 0. The lowest BCUT2D eigenvalue weighted by molar-refractivity contribution is -0.137. The second-order valence-corrected chi connectivity index (χ2v) is 3.89. The third-order valence-corrected chi connectivity index (χ3v) is 2.85. The van der Waals surface area contributed by atoms with Crippen LogP contribution in [0.5, 0.6) is 0 Å². The number of rotatable bonds is 3. The predicted octanol–water partition coefficient (Wildman–Crippen LogP) is 3.33. The number of hydrogen-bond acceptors (Lipinski definition) is 2. The van der Waals surface area contributed by atoms with Gasteiger partial charge in [-0.1, -0.05) is 28.1 Å². The van der Waals surface area contributed by atoms with Crippen LogP contribution in [0.4, 0.5) is 0 Å². The first-order valence-electron chi connectivity index (χ1n) is 4.75. The zero-order valence-corrected chi connectivity index (χ0v) is 10.4. The molecule has 0 saturated carbocycles. The zero-order chi connectivity index (χ0) is 11.3. The van der Waals surface area contributed by atoms with E-state index in [1.54, 1.807) is 13.0 Å². The van der Waals surface area contributed by atoms with E-state index in [1.165, 1.54) is 6.08 Å². The van der Waals surface area contributed by atoms with Crippen LogP contribution in [0.2, 0.25) is 0 Å². The highest BCUT2D eigenvalue weighted by atomic mass is 79.9. The lowest BCUT2D eigenvalue weighted by Gasteiger charge is -2.02. The minimum absolute atomic E-state index is 0.308. The van der Waals surface area contributed by atoms with Gasteiger partial charge >= 0.3 is 5.97 Å². The highest BCUT2D eigenvalue weighted by Gasteiger charge is 1.99. The molecule has 0 spiro atoms. The van der Waals surface area contributed by atoms with Gasteiger partial charge in [0.15, 0.2) is 0 Å². The lowest BCUT2D eigenvalue weighted by Crippen LogP contribution is -1.98. The Morgan fingerprint density at radius 2 is 2.27 bits per heavy atom. The van der Waals surface area contributed by atoms with Crippen LogP contribution in [-0.4, -0.2) is 12.6 Å². The van der Waals surface area contributed by atoms with E-state index in [0.29, 0.717) is 6.61 Å². The van der Waals surface area contributed by atoms with Crippen LogP contribution >= 0.6 is 15.9 Å². The van der Waals surface area contributed by atoms with Crippen LogP contribution < -0.4 is 0 Å². The first-order valence-corrected chi connectivity index (χ1v) is 5.54. The molecule has 0 fully saturated rings. The molecule has 0 aliphatic rings. The summed E-state index contributed by atoms with van der Waals surface area (Å²) in [6.45, 7) is 4.19. The molecule has 0 radical (unpaired) electrons. The predicted molar refractivity (Wildman–Crippen MR) is 64.5 cm³/mol. The molecule has 0 N–H and O–H groups in total. The molecule has 0 heterocycles. The van der Waals surface area contributed by atoms with Crippen molar-refractivity contribution in [3.63, 3.8) is 0 Å². The molecule has 2 nitrogen and oxygen atoms in total. The molecule has 0 amide bonds. The highest BCUT2D eigenvalue weighted by Crippen LogP contribution is 2.20. The topological polar surface area (TPSA) is 26.3 Å². The van der Waals surface area contributed by atoms with Gasteiger partial charge in [-0.2, -0.15) is 0 Å². The average Bonchev–Trinajstić information content (AvgIpc) is 2.21. The molecule has 15 heavy (non-hydrogen) atoms. The number of esters is 1. The molecule has 80 valence electrons. The van der Waals surface area contributed by atoms with Crippen molar-refractivity contribution < 1.29 is 9.53 Å². The second-order valence-electron chi connectivity index (χ2n) is 3.04. The van der Waals surface area contributed by atoms with Crippen LogP contribution in [-0.2, 0) is 9.53 Å². The minimum atomic E-state index is -0.308. The number of halogens is 1. The molecule has 0 aliphatic heterocycles. The summed E-state index contributed by atoms with van der Waals surface area (Å²) in [5.74, 6) is -0.308. The van der Waals surface area contributed by atoms with Crippen LogP contribution in [0.1, 0.15) is 18.1 Å². The van der Waals surface area contributed by atoms with Crippen LogP contribution in [0.15, 0.2) is 28.7 Å². The summed E-state index contributed by atoms with van der Waals surface area (Å²) in [7, 11) is 0. The third kappa shape index (κ3) is 3.51. The normalized spacial score (nSPS) is 10.6. The molecule has 0 aromatic heterocycles. The van der Waals surface area contributed by atoms with E-state index in [-0.39, 0.29) is 5.97 Å². The van der Waals surface area contributed by atoms with Crippen molar-refractivity contribution in [1.29, 1.82) is 0 Å². The summed E-state index contributed by atoms with van der Waals surface area (Å²) in [4.78, 5) is 11.1. The summed E-state index contributed by atoms with van der Waals surface area (Å²) in [5, 5.41) is 0. The van der Waals surface area contributed by atoms with E-state index in [4.69, 9.17) is 4.74 Å². The van der Waals surface area contributed by atoms with Gasteiger partial charge in [0, 0.05) is 10.5 Å². The van der Waals surface area contributed by atoms with E-state index >= 15 is 0 Å². The van der Waals surface area contributed by atoms with E-state index in [0.717, 1.165) is 15.6 Å². The quantitative estimate of drug-likeness (QED) is 0.621. The van der Waals surface area contributed by atoms with Crippen molar-refractivity contribution >= 4 is 28.0 Å². The third-order valence-electron chi connectivity index (χ3n) is 2.00. The zero-order valence-electron chi connectivity index (χ0n) is 8.79. The smallest absolute Gasteiger partial charge is 0.330 e. The van der Waals surface area contributed by atoms with Gasteiger partial charge in [0.1, 0.15) is 0 Å². The Bertz CT molecular complexity index is 383. The fourth-order valence-electron chi connectivity index (χ4n) is 1.15. The molecule has 0 aliphatic carbocycles. The first-order chi connectivity index (χ1) is 7.15. The Morgan fingerprint density at radius 3 is 2.93 bits per heavy atom. The van der Waals surface area contributed by atoms with Gasteiger partial charge in [-0.05, 0) is 37.1 Å². The van der Waals surface area contributed by atoms with Gasteiger partial charge in [0.25, 0.3) is 0 Å². The Kier molecular flexibility index (Phi) is 4.56. The molecule has 0 unspecified atom stereocenters. The summed E-state index contributed by atoms with van der Waals surface area (Å²) in [6, 6.07) is 5.86. The van der Waals surface area contributed by atoms with Gasteiger partial charge in [0.05, 0.1) is 6.61 Å². The van der Waals surface area contributed by atoms with Crippen LogP contribution in [0, 0.1) is 6.92 Å². The molecule has 1 aromatic rings. The Morgan fingerprint density at radius 1 is 1.53 bits per heavy atom. The van der Waals surface area contributed by atoms with Gasteiger partial charge in [-0.25, -0.2) is 4.79 Å². The summed E-state index contributed by atoms with van der Waals surface area (Å²) in [5.41, 5.74) is 2.12. The second kappa shape index (κ2) is 5.71. The highest BCUT2D eigenvalue weighted by molar-refractivity contribution is 9.10. The number of carbonyl (C=O) groups excluding carboxylic acids is 1. The maximum Gasteiger partial charge on any atom is 0.330 e.